The highest BCUT2D eigenvalue weighted by Gasteiger charge is 2.12. The number of methoxy groups -OCH3 is 2. The number of nitrogens with one attached hydrogen (secondary N) is 1. The minimum Gasteiger partial charge on any atom is -0.383 e. The van der Waals surface area contributed by atoms with Crippen LogP contribution in [-0.4, -0.2) is 67.8 Å². The third-order valence-electron chi connectivity index (χ3n) is 3.89. The Balaban J connectivity index is 1.81. The monoisotopic (exact) mass is 346 g/mol. The third kappa shape index (κ3) is 5.95. The molecule has 2 aromatic rings. The van der Waals surface area contributed by atoms with Crippen LogP contribution in [0, 0.1) is 0 Å². The highest BCUT2D eigenvalue weighted by molar-refractivity contribution is 5.88. The molecule has 1 amide bonds. The number of hydrogen-bond donors (Lipinski definition) is 1. The lowest BCUT2D eigenvalue weighted by Crippen LogP contribution is -2.36. The van der Waals surface area contributed by atoms with Crippen molar-refractivity contribution in [1.29, 1.82) is 0 Å². The zero-order valence-electron chi connectivity index (χ0n) is 14.9. The van der Waals surface area contributed by atoms with Gasteiger partial charge in [0.2, 0.25) is 5.91 Å². The van der Waals surface area contributed by atoms with Crippen LogP contribution in [0.15, 0.2) is 30.6 Å². The van der Waals surface area contributed by atoms with Crippen molar-refractivity contribution in [1.82, 2.24) is 14.9 Å². The fraction of sp³-hybridized carbons (Fsp3) is 0.500. The second kappa shape index (κ2) is 10.6. The number of amides is 1. The Morgan fingerprint density at radius 2 is 1.84 bits per heavy atom. The molecule has 0 atom stereocenters. The summed E-state index contributed by atoms with van der Waals surface area (Å²) in [6, 6.07) is 7.85. The van der Waals surface area contributed by atoms with Gasteiger partial charge in [0, 0.05) is 45.7 Å². The van der Waals surface area contributed by atoms with Crippen molar-refractivity contribution in [2.75, 3.05) is 52.4 Å². The van der Waals surface area contributed by atoms with Crippen molar-refractivity contribution in [3.8, 4) is 0 Å². The van der Waals surface area contributed by atoms with Gasteiger partial charge in [-0.25, -0.2) is 9.97 Å². The van der Waals surface area contributed by atoms with Gasteiger partial charge in [0.1, 0.15) is 12.1 Å². The van der Waals surface area contributed by atoms with Crippen molar-refractivity contribution < 1.29 is 14.3 Å². The van der Waals surface area contributed by atoms with Crippen LogP contribution in [0.4, 0.5) is 5.82 Å². The van der Waals surface area contributed by atoms with Gasteiger partial charge in [0.05, 0.1) is 18.7 Å². The van der Waals surface area contributed by atoms with E-state index in [1.54, 1.807) is 25.4 Å². The minimum absolute atomic E-state index is 0.114. The number of benzene rings is 1. The summed E-state index contributed by atoms with van der Waals surface area (Å²) in [5.74, 6) is 0.914. The van der Waals surface area contributed by atoms with Gasteiger partial charge in [-0.05, 0) is 18.6 Å². The number of carbonyl (C=O) groups is 1. The molecule has 0 spiro atoms. The standard InChI is InChI=1S/C18H26N4O3/c1-24-12-10-22(11-13-25-2)17(23)8-5-9-19-18-15-6-3-4-7-16(15)20-14-21-18/h3-4,6-7,14H,5,8-13H2,1-2H3,(H,19,20,21). The minimum atomic E-state index is 0.114. The van der Waals surface area contributed by atoms with Crippen LogP contribution >= 0.6 is 0 Å². The molecule has 136 valence electrons. The Kier molecular flexibility index (Phi) is 8.08. The first-order chi connectivity index (χ1) is 12.3. The van der Waals surface area contributed by atoms with E-state index in [1.165, 1.54) is 0 Å². The molecular formula is C18H26N4O3. The Hall–Kier alpha value is -2.25. The zero-order chi connectivity index (χ0) is 17.9. The van der Waals surface area contributed by atoms with Crippen LogP contribution in [0.1, 0.15) is 12.8 Å². The highest BCUT2D eigenvalue weighted by atomic mass is 16.5. The largest absolute Gasteiger partial charge is 0.383 e. The average Bonchev–Trinajstić information content (AvgIpc) is 2.65. The molecule has 0 fully saturated rings. The highest BCUT2D eigenvalue weighted by Crippen LogP contribution is 2.18. The smallest absolute Gasteiger partial charge is 0.222 e. The molecule has 0 bridgehead atoms. The van der Waals surface area contributed by atoms with Gasteiger partial charge in [0.15, 0.2) is 0 Å². The van der Waals surface area contributed by atoms with Gasteiger partial charge in [-0.1, -0.05) is 12.1 Å². The molecule has 0 aliphatic carbocycles. The third-order valence-corrected chi connectivity index (χ3v) is 3.89. The molecule has 1 aromatic heterocycles. The van der Waals surface area contributed by atoms with Crippen LogP contribution in [0.3, 0.4) is 0 Å². The lowest BCUT2D eigenvalue weighted by molar-refractivity contribution is -0.132. The normalized spacial score (nSPS) is 10.8. The molecular weight excluding hydrogens is 320 g/mol. The molecule has 7 nitrogen and oxygen atoms in total. The molecule has 1 N–H and O–H groups in total. The molecule has 0 aliphatic heterocycles. The van der Waals surface area contributed by atoms with Crippen LogP contribution < -0.4 is 5.32 Å². The van der Waals surface area contributed by atoms with Gasteiger partial charge in [-0.2, -0.15) is 0 Å². The number of hydrogen-bond acceptors (Lipinski definition) is 6. The van der Waals surface area contributed by atoms with Crippen LogP contribution in [-0.2, 0) is 14.3 Å². The summed E-state index contributed by atoms with van der Waals surface area (Å²) in [7, 11) is 3.27. The fourth-order valence-electron chi connectivity index (χ4n) is 2.51. The number of rotatable bonds is 11. The maximum Gasteiger partial charge on any atom is 0.222 e. The second-order valence-corrected chi connectivity index (χ2v) is 5.64. The molecule has 0 unspecified atom stereocenters. The topological polar surface area (TPSA) is 76.6 Å². The Morgan fingerprint density at radius 3 is 2.56 bits per heavy atom. The first-order valence-corrected chi connectivity index (χ1v) is 8.45. The molecule has 0 radical (unpaired) electrons. The number of nitrogens with zero attached hydrogens (tertiary/aromatic N) is 3. The van der Waals surface area contributed by atoms with Crippen molar-refractivity contribution in [2.45, 2.75) is 12.8 Å². The molecule has 2 rings (SSSR count). The van der Waals surface area contributed by atoms with Crippen molar-refractivity contribution in [3.05, 3.63) is 30.6 Å². The molecule has 0 saturated heterocycles. The van der Waals surface area contributed by atoms with E-state index >= 15 is 0 Å². The van der Waals surface area contributed by atoms with E-state index in [4.69, 9.17) is 9.47 Å². The summed E-state index contributed by atoms with van der Waals surface area (Å²) in [6.07, 6.45) is 2.75. The zero-order valence-corrected chi connectivity index (χ0v) is 14.9. The first-order valence-electron chi connectivity index (χ1n) is 8.45. The number of ether oxygens (including phenoxy) is 2. The molecule has 0 saturated carbocycles. The summed E-state index contributed by atoms with van der Waals surface area (Å²) >= 11 is 0. The summed E-state index contributed by atoms with van der Waals surface area (Å²) in [5.41, 5.74) is 0.904. The van der Waals surface area contributed by atoms with Crippen LogP contribution in [0.5, 0.6) is 0 Å². The first kappa shape index (κ1) is 19.1. The summed E-state index contributed by atoms with van der Waals surface area (Å²) in [5, 5.41) is 4.28. The van der Waals surface area contributed by atoms with Gasteiger partial charge in [-0.15, -0.1) is 0 Å². The average molecular weight is 346 g/mol. The van der Waals surface area contributed by atoms with Crippen molar-refractivity contribution in [2.24, 2.45) is 0 Å². The summed E-state index contributed by atoms with van der Waals surface area (Å²) < 4.78 is 10.1. The number of anilines is 1. The maximum absolute atomic E-state index is 12.3. The number of para-hydroxylation sites is 1. The number of aromatic nitrogens is 2. The second-order valence-electron chi connectivity index (χ2n) is 5.64. The van der Waals surface area contributed by atoms with Gasteiger partial charge >= 0.3 is 0 Å². The predicted molar refractivity (Wildman–Crippen MR) is 97.6 cm³/mol. The van der Waals surface area contributed by atoms with Crippen molar-refractivity contribution >= 4 is 22.6 Å². The van der Waals surface area contributed by atoms with Gasteiger partial charge in [0.25, 0.3) is 0 Å². The Bertz CT molecular complexity index is 652. The lowest BCUT2D eigenvalue weighted by Gasteiger charge is -2.22. The van der Waals surface area contributed by atoms with E-state index in [9.17, 15) is 4.79 Å². The molecule has 7 heteroatoms. The van der Waals surface area contributed by atoms with E-state index in [2.05, 4.69) is 15.3 Å². The number of fused-ring (bicyclic) bond motifs is 1. The van der Waals surface area contributed by atoms with Crippen molar-refractivity contribution in [3.63, 3.8) is 0 Å². The van der Waals surface area contributed by atoms with Gasteiger partial charge in [-0.3, -0.25) is 4.79 Å². The summed E-state index contributed by atoms with van der Waals surface area (Å²) in [4.78, 5) is 22.7. The summed E-state index contributed by atoms with van der Waals surface area (Å²) in [6.45, 7) is 2.90. The fourth-order valence-corrected chi connectivity index (χ4v) is 2.51. The Morgan fingerprint density at radius 1 is 1.12 bits per heavy atom. The molecule has 1 heterocycles. The molecule has 1 aromatic carbocycles. The van der Waals surface area contributed by atoms with Crippen LogP contribution in [0.25, 0.3) is 10.9 Å². The molecule has 25 heavy (non-hydrogen) atoms. The van der Waals surface area contributed by atoms with E-state index in [1.807, 2.05) is 24.3 Å². The van der Waals surface area contributed by atoms with E-state index in [0.29, 0.717) is 39.3 Å². The van der Waals surface area contributed by atoms with Gasteiger partial charge < -0.3 is 19.7 Å². The van der Waals surface area contributed by atoms with E-state index in [0.717, 1.165) is 23.1 Å². The lowest BCUT2D eigenvalue weighted by atomic mass is 10.2. The predicted octanol–water partition coefficient (Wildman–Crippen LogP) is 1.94. The molecule has 0 aliphatic rings. The SMILES string of the molecule is COCCN(CCOC)C(=O)CCCNc1ncnc2ccccc12. The van der Waals surface area contributed by atoms with Crippen LogP contribution in [0.2, 0.25) is 0 Å². The Labute approximate surface area is 148 Å². The van der Waals surface area contributed by atoms with E-state index < -0.39 is 0 Å². The maximum atomic E-state index is 12.3. The van der Waals surface area contributed by atoms with E-state index in [-0.39, 0.29) is 5.91 Å². The quantitative estimate of drug-likeness (QED) is 0.627. The number of carbonyl (C=O) groups excluding carboxylic acids is 1.